The first-order chi connectivity index (χ1) is 6.54. The van der Waals surface area contributed by atoms with Gasteiger partial charge in [-0.15, -0.1) is 13.2 Å². The second-order valence-corrected chi connectivity index (χ2v) is 8.22. The van der Waals surface area contributed by atoms with E-state index in [1.54, 1.807) is 0 Å². The molecule has 0 bridgehead atoms. The van der Waals surface area contributed by atoms with Gasteiger partial charge in [-0.3, -0.25) is 0 Å². The van der Waals surface area contributed by atoms with Gasteiger partial charge in [-0.05, 0) is 35.9 Å². The fourth-order valence-corrected chi connectivity index (χ4v) is 2.98. The summed E-state index contributed by atoms with van der Waals surface area (Å²) in [6.45, 7) is 8.51. The molecule has 5 heteroatoms. The molecule has 0 radical (unpaired) electrons. The molecule has 14 heavy (non-hydrogen) atoms. The lowest BCUT2D eigenvalue weighted by molar-refractivity contribution is 0.0426. The van der Waals surface area contributed by atoms with Crippen LogP contribution in [-0.4, -0.2) is 13.2 Å². The van der Waals surface area contributed by atoms with E-state index in [0.29, 0.717) is 13.2 Å². The SMILES string of the molecule is C=CCC1(CC=C)COP(=S)(Cl)OC1. The smallest absolute Gasteiger partial charge is 0.281 e. The third kappa shape index (κ3) is 3.18. The number of halogens is 1. The molecule has 1 saturated heterocycles. The molecule has 1 fully saturated rings. The van der Waals surface area contributed by atoms with Gasteiger partial charge in [0.2, 0.25) is 0 Å². The first kappa shape index (κ1) is 12.4. The summed E-state index contributed by atoms with van der Waals surface area (Å²) in [7, 11) is 0. The lowest BCUT2D eigenvalue weighted by atomic mass is 9.83. The zero-order valence-corrected chi connectivity index (χ0v) is 10.4. The van der Waals surface area contributed by atoms with Gasteiger partial charge in [-0.1, -0.05) is 12.2 Å². The topological polar surface area (TPSA) is 18.5 Å². The first-order valence-corrected chi connectivity index (χ1v) is 7.88. The van der Waals surface area contributed by atoms with Crippen molar-refractivity contribution in [2.75, 3.05) is 13.2 Å². The van der Waals surface area contributed by atoms with Gasteiger partial charge in [0.05, 0.1) is 13.2 Å². The van der Waals surface area contributed by atoms with Crippen LogP contribution in [0.3, 0.4) is 0 Å². The van der Waals surface area contributed by atoms with Crippen molar-refractivity contribution in [1.29, 1.82) is 0 Å². The van der Waals surface area contributed by atoms with Crippen molar-refractivity contribution in [2.24, 2.45) is 5.41 Å². The summed E-state index contributed by atoms with van der Waals surface area (Å²) in [6.07, 6.45) is 5.37. The molecule has 0 spiro atoms. The average Bonchev–Trinajstić information content (AvgIpc) is 2.12. The largest absolute Gasteiger partial charge is 0.317 e. The van der Waals surface area contributed by atoms with Gasteiger partial charge >= 0.3 is 0 Å². The minimum Gasteiger partial charge on any atom is -0.317 e. The fourth-order valence-electron chi connectivity index (χ4n) is 1.44. The van der Waals surface area contributed by atoms with Gasteiger partial charge in [0.15, 0.2) is 0 Å². The van der Waals surface area contributed by atoms with E-state index < -0.39 is 5.84 Å². The van der Waals surface area contributed by atoms with Gasteiger partial charge in [-0.2, -0.15) is 0 Å². The van der Waals surface area contributed by atoms with E-state index in [1.165, 1.54) is 0 Å². The quantitative estimate of drug-likeness (QED) is 0.562. The molecule has 1 rings (SSSR count). The van der Waals surface area contributed by atoms with Crippen LogP contribution in [0, 0.1) is 5.41 Å². The zero-order chi connectivity index (χ0) is 10.7. The van der Waals surface area contributed by atoms with Gasteiger partial charge in [0, 0.05) is 5.41 Å². The maximum absolute atomic E-state index is 5.83. The van der Waals surface area contributed by atoms with Crippen molar-refractivity contribution < 1.29 is 9.05 Å². The van der Waals surface area contributed by atoms with E-state index in [4.69, 9.17) is 32.1 Å². The first-order valence-electron chi connectivity index (χ1n) is 4.34. The summed E-state index contributed by atoms with van der Waals surface area (Å²) in [5.74, 6) is -2.48. The molecule has 80 valence electrons. The lowest BCUT2D eigenvalue weighted by Gasteiger charge is -2.37. The molecule has 0 atom stereocenters. The summed E-state index contributed by atoms with van der Waals surface area (Å²) < 4.78 is 10.7. The highest BCUT2D eigenvalue weighted by molar-refractivity contribution is 8.22. The van der Waals surface area contributed by atoms with Crippen LogP contribution in [0.1, 0.15) is 12.8 Å². The number of allylic oxidation sites excluding steroid dienone is 2. The van der Waals surface area contributed by atoms with Gasteiger partial charge in [0.25, 0.3) is 5.84 Å². The fraction of sp³-hybridized carbons (Fsp3) is 0.556. The molecule has 0 aliphatic carbocycles. The molecule has 0 N–H and O–H groups in total. The molecule has 2 nitrogen and oxygen atoms in total. The van der Waals surface area contributed by atoms with E-state index in [9.17, 15) is 0 Å². The molecular formula is C9H14ClO2PS. The highest BCUT2D eigenvalue weighted by Gasteiger charge is 2.37. The summed E-state index contributed by atoms with van der Waals surface area (Å²) in [5.41, 5.74) is -0.0687. The van der Waals surface area contributed by atoms with Crippen molar-refractivity contribution in [3.05, 3.63) is 25.3 Å². The standard InChI is InChI=1S/C9H14ClO2PS/c1-3-5-9(6-4-2)7-11-13(10,14)12-8-9/h3-4H,1-2,5-8H2. The van der Waals surface area contributed by atoms with Crippen molar-refractivity contribution in [3.63, 3.8) is 0 Å². The van der Waals surface area contributed by atoms with Crippen LogP contribution in [0.4, 0.5) is 0 Å². The molecule has 0 saturated carbocycles. The van der Waals surface area contributed by atoms with E-state index in [2.05, 4.69) is 13.2 Å². The Bertz CT molecular complexity index is 256. The summed E-state index contributed by atoms with van der Waals surface area (Å²) >= 11 is 10.8. The maximum Gasteiger partial charge on any atom is 0.281 e. The molecule has 1 aliphatic heterocycles. The van der Waals surface area contributed by atoms with E-state index in [1.807, 2.05) is 12.2 Å². The van der Waals surface area contributed by atoms with Crippen LogP contribution >= 0.6 is 17.1 Å². The van der Waals surface area contributed by atoms with E-state index in [0.717, 1.165) is 12.8 Å². The van der Waals surface area contributed by atoms with Crippen LogP contribution in [0.25, 0.3) is 0 Å². The lowest BCUT2D eigenvalue weighted by Crippen LogP contribution is -2.34. The van der Waals surface area contributed by atoms with E-state index in [-0.39, 0.29) is 5.41 Å². The molecule has 0 aromatic heterocycles. The zero-order valence-electron chi connectivity index (χ0n) is 7.95. The average molecular weight is 253 g/mol. The molecule has 1 heterocycles. The van der Waals surface area contributed by atoms with Gasteiger partial charge in [-0.25, -0.2) is 0 Å². The minimum atomic E-state index is -2.48. The Morgan fingerprint density at radius 1 is 1.29 bits per heavy atom. The van der Waals surface area contributed by atoms with Crippen LogP contribution in [0.2, 0.25) is 0 Å². The van der Waals surface area contributed by atoms with Crippen molar-refractivity contribution in [2.45, 2.75) is 12.8 Å². The van der Waals surface area contributed by atoms with Crippen molar-refractivity contribution in [1.82, 2.24) is 0 Å². The molecule has 0 aromatic rings. The molecule has 0 unspecified atom stereocenters. The molecule has 0 aromatic carbocycles. The van der Waals surface area contributed by atoms with E-state index >= 15 is 0 Å². The minimum absolute atomic E-state index is 0.0687. The predicted molar refractivity (Wildman–Crippen MR) is 64.1 cm³/mol. The highest BCUT2D eigenvalue weighted by Crippen LogP contribution is 2.59. The Hall–Kier alpha value is 0.340. The summed E-state index contributed by atoms with van der Waals surface area (Å²) in [4.78, 5) is 0. The highest BCUT2D eigenvalue weighted by atomic mass is 35.7. The Balaban J connectivity index is 2.67. The van der Waals surface area contributed by atoms with Gasteiger partial charge in [0.1, 0.15) is 0 Å². The predicted octanol–water partition coefficient (Wildman–Crippen LogP) is 3.64. The molecular weight excluding hydrogens is 239 g/mol. The Kier molecular flexibility index (Phi) is 4.35. The number of hydrogen-bond acceptors (Lipinski definition) is 3. The molecule has 0 amide bonds. The van der Waals surface area contributed by atoms with Crippen molar-refractivity contribution in [3.8, 4) is 0 Å². The third-order valence-corrected chi connectivity index (χ3v) is 4.30. The Morgan fingerprint density at radius 2 is 1.71 bits per heavy atom. The summed E-state index contributed by atoms with van der Waals surface area (Å²) in [5, 5.41) is 0. The monoisotopic (exact) mass is 252 g/mol. The third-order valence-electron chi connectivity index (χ3n) is 2.20. The maximum atomic E-state index is 5.83. The van der Waals surface area contributed by atoms with Crippen molar-refractivity contribution >= 4 is 28.9 Å². The van der Waals surface area contributed by atoms with Crippen LogP contribution in [0.5, 0.6) is 0 Å². The number of hydrogen-bond donors (Lipinski definition) is 0. The van der Waals surface area contributed by atoms with Gasteiger partial charge < -0.3 is 9.05 Å². The normalized spacial score (nSPS) is 24.1. The Labute approximate surface area is 94.9 Å². The van der Waals surface area contributed by atoms with Crippen LogP contribution in [-0.2, 0) is 20.9 Å². The second-order valence-electron chi connectivity index (χ2n) is 3.46. The second kappa shape index (κ2) is 4.91. The van der Waals surface area contributed by atoms with Crippen LogP contribution < -0.4 is 0 Å². The molecule has 1 aliphatic rings. The number of rotatable bonds is 4. The Morgan fingerprint density at radius 3 is 2.07 bits per heavy atom. The van der Waals surface area contributed by atoms with Crippen LogP contribution in [0.15, 0.2) is 25.3 Å². The summed E-state index contributed by atoms with van der Waals surface area (Å²) in [6, 6.07) is 0.